The Morgan fingerprint density at radius 1 is 1.35 bits per heavy atom. The van der Waals surface area contributed by atoms with Crippen LogP contribution in [0.1, 0.15) is 13.3 Å². The highest BCUT2D eigenvalue weighted by molar-refractivity contribution is 7.99. The fourth-order valence-corrected chi connectivity index (χ4v) is 2.65. The maximum atomic E-state index is 6.16. The number of ether oxygens (including phenoxy) is 1. The van der Waals surface area contributed by atoms with E-state index in [1.807, 2.05) is 24.3 Å². The third-order valence-electron chi connectivity index (χ3n) is 2.52. The molecule has 0 unspecified atom stereocenters. The van der Waals surface area contributed by atoms with Gasteiger partial charge in [0.25, 0.3) is 0 Å². The lowest BCUT2D eigenvalue weighted by Crippen LogP contribution is -2.04. The molecule has 106 valence electrons. The van der Waals surface area contributed by atoms with E-state index in [4.69, 9.17) is 16.3 Å². The lowest BCUT2D eigenvalue weighted by molar-refractivity contribution is 0.405. The van der Waals surface area contributed by atoms with E-state index in [0.717, 1.165) is 23.6 Å². The third kappa shape index (κ3) is 3.77. The summed E-state index contributed by atoms with van der Waals surface area (Å²) in [5.74, 6) is 1.39. The van der Waals surface area contributed by atoms with Crippen LogP contribution in [0.25, 0.3) is 0 Å². The van der Waals surface area contributed by atoms with Crippen molar-refractivity contribution in [2.45, 2.75) is 23.3 Å². The highest BCUT2D eigenvalue weighted by atomic mass is 35.5. The smallest absolute Gasteiger partial charge is 0.223 e. The van der Waals surface area contributed by atoms with Gasteiger partial charge in [0.15, 0.2) is 0 Å². The van der Waals surface area contributed by atoms with E-state index in [2.05, 4.69) is 22.2 Å². The number of methoxy groups -OCH3 is 1. The van der Waals surface area contributed by atoms with Crippen molar-refractivity contribution in [1.29, 1.82) is 0 Å². The Morgan fingerprint density at radius 3 is 2.90 bits per heavy atom. The van der Waals surface area contributed by atoms with Crippen LogP contribution in [0.15, 0.2) is 40.4 Å². The van der Waals surface area contributed by atoms with Crippen molar-refractivity contribution in [3.05, 3.63) is 35.5 Å². The van der Waals surface area contributed by atoms with Crippen molar-refractivity contribution < 1.29 is 4.74 Å². The molecular weight excluding hydrogens is 294 g/mol. The minimum atomic E-state index is 0.531. The Morgan fingerprint density at radius 2 is 2.15 bits per heavy atom. The molecule has 0 saturated heterocycles. The first-order chi connectivity index (χ1) is 9.74. The maximum absolute atomic E-state index is 6.16. The van der Waals surface area contributed by atoms with Crippen molar-refractivity contribution >= 4 is 29.3 Å². The third-order valence-corrected chi connectivity index (χ3v) is 3.97. The number of hydrogen-bond donors (Lipinski definition) is 1. The number of aromatic nitrogens is 2. The predicted octanol–water partition coefficient (Wildman–Crippen LogP) is 4.11. The molecule has 1 aromatic carbocycles. The van der Waals surface area contributed by atoms with Gasteiger partial charge >= 0.3 is 0 Å². The average Bonchev–Trinajstić information content (AvgIpc) is 2.48. The van der Waals surface area contributed by atoms with E-state index >= 15 is 0 Å². The van der Waals surface area contributed by atoms with Gasteiger partial charge in [0.05, 0.1) is 23.2 Å². The molecule has 0 radical (unpaired) electrons. The summed E-state index contributed by atoms with van der Waals surface area (Å²) < 4.78 is 5.33. The number of rotatable bonds is 6. The molecule has 0 aliphatic rings. The molecule has 1 heterocycles. The minimum Gasteiger partial charge on any atom is -0.496 e. The quantitative estimate of drug-likeness (QED) is 0.814. The number of hydrogen-bond acceptors (Lipinski definition) is 5. The number of anilines is 1. The van der Waals surface area contributed by atoms with Crippen LogP contribution in [0.2, 0.25) is 5.02 Å². The molecule has 1 N–H and O–H groups in total. The summed E-state index contributed by atoms with van der Waals surface area (Å²) in [6, 6.07) is 7.77. The molecule has 0 bridgehead atoms. The molecule has 0 aliphatic heterocycles. The van der Waals surface area contributed by atoms with E-state index in [0.29, 0.717) is 16.0 Å². The summed E-state index contributed by atoms with van der Waals surface area (Å²) in [6.07, 6.45) is 2.63. The van der Waals surface area contributed by atoms with Gasteiger partial charge in [-0.2, -0.15) is 0 Å². The number of halogens is 1. The van der Waals surface area contributed by atoms with Crippen LogP contribution in [-0.4, -0.2) is 23.6 Å². The Labute approximate surface area is 127 Å². The molecule has 0 aliphatic carbocycles. The first kappa shape index (κ1) is 14.9. The second-order valence-electron chi connectivity index (χ2n) is 4.03. The Balaban J connectivity index is 2.23. The van der Waals surface area contributed by atoms with Crippen LogP contribution in [0, 0.1) is 0 Å². The van der Waals surface area contributed by atoms with Gasteiger partial charge in [0.2, 0.25) is 5.95 Å². The molecule has 2 aromatic rings. The fourth-order valence-electron chi connectivity index (χ4n) is 1.55. The van der Waals surface area contributed by atoms with Gasteiger partial charge in [-0.1, -0.05) is 42.4 Å². The first-order valence-corrected chi connectivity index (χ1v) is 7.51. The fraction of sp³-hybridized carbons (Fsp3) is 0.286. The first-order valence-electron chi connectivity index (χ1n) is 6.32. The summed E-state index contributed by atoms with van der Waals surface area (Å²) in [5, 5.41) is 4.39. The van der Waals surface area contributed by atoms with E-state index < -0.39 is 0 Å². The lowest BCUT2D eigenvalue weighted by Gasteiger charge is -2.09. The van der Waals surface area contributed by atoms with Gasteiger partial charge in [-0.25, -0.2) is 9.97 Å². The van der Waals surface area contributed by atoms with Crippen LogP contribution in [0.5, 0.6) is 5.75 Å². The molecule has 0 saturated carbocycles. The SMILES string of the molecule is CCCNc1ncc(Cl)c(Sc2ccccc2OC)n1. The van der Waals surface area contributed by atoms with Gasteiger partial charge in [-0.3, -0.25) is 0 Å². The number of benzene rings is 1. The van der Waals surface area contributed by atoms with Crippen molar-refractivity contribution in [1.82, 2.24) is 9.97 Å². The van der Waals surface area contributed by atoms with Gasteiger partial charge in [0, 0.05) is 6.54 Å². The van der Waals surface area contributed by atoms with Gasteiger partial charge in [0.1, 0.15) is 10.8 Å². The van der Waals surface area contributed by atoms with Gasteiger partial charge in [-0.05, 0) is 18.6 Å². The van der Waals surface area contributed by atoms with Crippen LogP contribution in [-0.2, 0) is 0 Å². The molecule has 0 amide bonds. The minimum absolute atomic E-state index is 0.531. The Bertz CT molecular complexity index is 580. The Hall–Kier alpha value is -1.46. The highest BCUT2D eigenvalue weighted by Gasteiger charge is 2.10. The average molecular weight is 310 g/mol. The zero-order valence-corrected chi connectivity index (χ0v) is 13.0. The molecule has 0 atom stereocenters. The standard InChI is InChI=1S/C14H16ClN3OS/c1-3-8-16-14-17-9-10(15)13(18-14)20-12-7-5-4-6-11(12)19-2/h4-7,9H,3,8H2,1-2H3,(H,16,17,18). The second-order valence-corrected chi connectivity index (χ2v) is 5.46. The van der Waals surface area contributed by atoms with E-state index in [1.165, 1.54) is 11.8 Å². The topological polar surface area (TPSA) is 47.0 Å². The van der Waals surface area contributed by atoms with Gasteiger partial charge in [-0.15, -0.1) is 0 Å². The van der Waals surface area contributed by atoms with Crippen molar-refractivity contribution in [2.24, 2.45) is 0 Å². The monoisotopic (exact) mass is 309 g/mol. The summed E-state index contributed by atoms with van der Waals surface area (Å²) in [4.78, 5) is 9.57. The lowest BCUT2D eigenvalue weighted by atomic mass is 10.3. The number of para-hydroxylation sites is 1. The van der Waals surface area contributed by atoms with Crippen LogP contribution >= 0.6 is 23.4 Å². The molecular formula is C14H16ClN3OS. The van der Waals surface area contributed by atoms with E-state index in [9.17, 15) is 0 Å². The van der Waals surface area contributed by atoms with E-state index in [-0.39, 0.29) is 0 Å². The summed E-state index contributed by atoms with van der Waals surface area (Å²) in [6.45, 7) is 2.92. The molecule has 4 nitrogen and oxygen atoms in total. The predicted molar refractivity (Wildman–Crippen MR) is 82.9 cm³/mol. The normalized spacial score (nSPS) is 10.3. The van der Waals surface area contributed by atoms with Crippen molar-refractivity contribution in [3.8, 4) is 5.75 Å². The molecule has 1 aromatic heterocycles. The van der Waals surface area contributed by atoms with Crippen LogP contribution in [0.4, 0.5) is 5.95 Å². The molecule has 0 spiro atoms. The largest absolute Gasteiger partial charge is 0.496 e. The summed E-state index contributed by atoms with van der Waals surface area (Å²) in [5.41, 5.74) is 0. The van der Waals surface area contributed by atoms with Crippen molar-refractivity contribution in [3.63, 3.8) is 0 Å². The maximum Gasteiger partial charge on any atom is 0.223 e. The van der Waals surface area contributed by atoms with Crippen LogP contribution < -0.4 is 10.1 Å². The Kier molecular flexibility index (Phi) is 5.49. The zero-order chi connectivity index (χ0) is 14.4. The van der Waals surface area contributed by atoms with E-state index in [1.54, 1.807) is 13.3 Å². The zero-order valence-electron chi connectivity index (χ0n) is 11.4. The molecule has 2 rings (SSSR count). The summed E-state index contributed by atoms with van der Waals surface area (Å²) >= 11 is 7.63. The van der Waals surface area contributed by atoms with Crippen LogP contribution in [0.3, 0.4) is 0 Å². The number of nitrogens with one attached hydrogen (secondary N) is 1. The summed E-state index contributed by atoms with van der Waals surface area (Å²) in [7, 11) is 1.65. The molecule has 20 heavy (non-hydrogen) atoms. The van der Waals surface area contributed by atoms with Gasteiger partial charge < -0.3 is 10.1 Å². The van der Waals surface area contributed by atoms with Crippen molar-refractivity contribution in [2.75, 3.05) is 19.0 Å². The number of nitrogens with zero attached hydrogens (tertiary/aromatic N) is 2. The second kappa shape index (κ2) is 7.36. The molecule has 0 fully saturated rings. The molecule has 6 heteroatoms. The highest BCUT2D eigenvalue weighted by Crippen LogP contribution is 2.36.